The van der Waals surface area contributed by atoms with Crippen LogP contribution in [-0.4, -0.2) is 43.0 Å². The monoisotopic (exact) mass is 502 g/mol. The molecule has 6 heteroatoms. The second-order valence-corrected chi connectivity index (χ2v) is 8.97. The lowest BCUT2D eigenvalue weighted by Gasteiger charge is -2.31. The molecule has 6 nitrogen and oxygen atoms in total. The van der Waals surface area contributed by atoms with Crippen molar-refractivity contribution in [1.29, 1.82) is 0 Å². The van der Waals surface area contributed by atoms with Crippen LogP contribution in [0.3, 0.4) is 0 Å². The van der Waals surface area contributed by atoms with E-state index in [-0.39, 0.29) is 18.2 Å². The number of ether oxygens (including phenoxy) is 2. The van der Waals surface area contributed by atoms with Crippen LogP contribution in [0.15, 0.2) is 72.8 Å². The van der Waals surface area contributed by atoms with Gasteiger partial charge < -0.3 is 19.7 Å². The summed E-state index contributed by atoms with van der Waals surface area (Å²) in [5.74, 6) is 1.13. The molecule has 3 rings (SSSR count). The first-order valence-corrected chi connectivity index (χ1v) is 12.9. The molecule has 0 aromatic heterocycles. The van der Waals surface area contributed by atoms with Crippen molar-refractivity contribution in [3.05, 3.63) is 95.1 Å². The van der Waals surface area contributed by atoms with Crippen molar-refractivity contribution in [3.8, 4) is 11.5 Å². The summed E-state index contributed by atoms with van der Waals surface area (Å²) in [5, 5.41) is 2.77. The van der Waals surface area contributed by atoms with Crippen LogP contribution in [0.4, 0.5) is 0 Å². The van der Waals surface area contributed by atoms with Gasteiger partial charge in [-0.15, -0.1) is 0 Å². The Bertz CT molecular complexity index is 1150. The number of aryl methyl sites for hydroxylation is 2. The lowest BCUT2D eigenvalue weighted by molar-refractivity contribution is -0.141. The van der Waals surface area contributed by atoms with Gasteiger partial charge in [0.05, 0.1) is 13.2 Å². The van der Waals surface area contributed by atoms with Crippen molar-refractivity contribution in [2.45, 2.75) is 52.6 Å². The maximum absolute atomic E-state index is 13.7. The number of benzene rings is 3. The van der Waals surface area contributed by atoms with E-state index in [2.05, 4.69) is 5.32 Å². The van der Waals surface area contributed by atoms with Gasteiger partial charge in [0.2, 0.25) is 11.8 Å². The van der Waals surface area contributed by atoms with E-state index < -0.39 is 6.04 Å². The molecule has 0 fully saturated rings. The molecule has 196 valence electrons. The average Bonchev–Trinajstić information content (AvgIpc) is 2.92. The van der Waals surface area contributed by atoms with Gasteiger partial charge in [-0.1, -0.05) is 66.2 Å². The van der Waals surface area contributed by atoms with Gasteiger partial charge in [-0.25, -0.2) is 0 Å². The highest BCUT2D eigenvalue weighted by Crippen LogP contribution is 2.29. The molecule has 1 unspecified atom stereocenters. The van der Waals surface area contributed by atoms with Gasteiger partial charge in [0.1, 0.15) is 6.04 Å². The second-order valence-electron chi connectivity index (χ2n) is 8.97. The number of carbonyl (C=O) groups excluding carboxylic acids is 2. The van der Waals surface area contributed by atoms with Gasteiger partial charge in [-0.05, 0) is 56.0 Å². The summed E-state index contributed by atoms with van der Waals surface area (Å²) < 4.78 is 11.4. The number of hydrogen-bond acceptors (Lipinski definition) is 4. The largest absolute Gasteiger partial charge is 0.490 e. The Hall–Kier alpha value is -3.80. The highest BCUT2D eigenvalue weighted by molar-refractivity contribution is 5.88. The molecule has 0 heterocycles. The van der Waals surface area contributed by atoms with E-state index in [1.54, 1.807) is 11.9 Å². The molecule has 0 spiro atoms. The van der Waals surface area contributed by atoms with E-state index in [1.165, 1.54) is 0 Å². The molecule has 0 saturated carbocycles. The molecular formula is C31H38N2O4. The zero-order valence-corrected chi connectivity index (χ0v) is 22.3. The molecule has 0 saturated heterocycles. The van der Waals surface area contributed by atoms with Crippen LogP contribution in [0.25, 0.3) is 0 Å². The fourth-order valence-electron chi connectivity index (χ4n) is 4.26. The van der Waals surface area contributed by atoms with Crippen molar-refractivity contribution in [3.63, 3.8) is 0 Å². The molecule has 3 aromatic carbocycles. The van der Waals surface area contributed by atoms with E-state index in [0.29, 0.717) is 44.1 Å². The Kier molecular flexibility index (Phi) is 10.6. The van der Waals surface area contributed by atoms with Crippen LogP contribution in [0.5, 0.6) is 11.5 Å². The third-order valence-electron chi connectivity index (χ3n) is 6.23. The van der Waals surface area contributed by atoms with E-state index >= 15 is 0 Å². The van der Waals surface area contributed by atoms with E-state index in [0.717, 1.165) is 22.3 Å². The smallest absolute Gasteiger partial charge is 0.242 e. The molecule has 0 aliphatic heterocycles. The lowest BCUT2D eigenvalue weighted by atomic mass is 10.0. The Morgan fingerprint density at radius 1 is 0.838 bits per heavy atom. The third-order valence-corrected chi connectivity index (χ3v) is 6.23. The van der Waals surface area contributed by atoms with Gasteiger partial charge in [-0.2, -0.15) is 0 Å². The molecular weight excluding hydrogens is 464 g/mol. The molecule has 1 N–H and O–H groups in total. The predicted octanol–water partition coefficient (Wildman–Crippen LogP) is 5.11. The normalized spacial score (nSPS) is 11.5. The summed E-state index contributed by atoms with van der Waals surface area (Å²) in [6.45, 7) is 7.33. The van der Waals surface area contributed by atoms with Gasteiger partial charge in [0, 0.05) is 26.4 Å². The fraction of sp³-hybridized carbons (Fsp3) is 0.355. The minimum absolute atomic E-state index is 0.0723. The Morgan fingerprint density at radius 2 is 1.49 bits per heavy atom. The fourth-order valence-corrected chi connectivity index (χ4v) is 4.26. The van der Waals surface area contributed by atoms with Crippen molar-refractivity contribution in [2.24, 2.45) is 0 Å². The number of likely N-dealkylation sites (N-methyl/N-ethyl adjacent to an activating group) is 1. The number of carbonyl (C=O) groups is 2. The summed E-state index contributed by atoms with van der Waals surface area (Å²) in [7, 11) is 1.62. The zero-order chi connectivity index (χ0) is 26.6. The van der Waals surface area contributed by atoms with Gasteiger partial charge in [0.25, 0.3) is 0 Å². The first-order chi connectivity index (χ1) is 17.9. The van der Waals surface area contributed by atoms with E-state index in [4.69, 9.17) is 9.47 Å². The molecule has 0 aliphatic rings. The lowest BCUT2D eigenvalue weighted by Crippen LogP contribution is -2.49. The topological polar surface area (TPSA) is 67.9 Å². The minimum atomic E-state index is -0.625. The SMILES string of the molecule is CCOc1ccc(CCC(=O)N(Cc2ccc(C)cc2)C(Cc2ccccc2)C(=O)NC)cc1OCC. The Morgan fingerprint density at radius 3 is 2.14 bits per heavy atom. The first kappa shape index (κ1) is 27.8. The van der Waals surface area contributed by atoms with Crippen molar-refractivity contribution < 1.29 is 19.1 Å². The first-order valence-electron chi connectivity index (χ1n) is 12.9. The number of amides is 2. The average molecular weight is 503 g/mol. The Labute approximate surface area is 220 Å². The summed E-state index contributed by atoms with van der Waals surface area (Å²) in [4.78, 5) is 28.5. The maximum Gasteiger partial charge on any atom is 0.242 e. The second kappa shape index (κ2) is 14.1. The predicted molar refractivity (Wildman–Crippen MR) is 147 cm³/mol. The van der Waals surface area contributed by atoms with Crippen molar-refractivity contribution in [1.82, 2.24) is 10.2 Å². The molecule has 0 aliphatic carbocycles. The van der Waals surface area contributed by atoms with Crippen LogP contribution in [-0.2, 0) is 29.0 Å². The molecule has 3 aromatic rings. The number of hydrogen-bond donors (Lipinski definition) is 1. The summed E-state index contributed by atoms with van der Waals surface area (Å²) in [6, 6.07) is 23.1. The number of nitrogens with zero attached hydrogens (tertiary/aromatic N) is 1. The quantitative estimate of drug-likeness (QED) is 0.353. The van der Waals surface area contributed by atoms with E-state index in [1.807, 2.05) is 93.6 Å². The van der Waals surface area contributed by atoms with E-state index in [9.17, 15) is 9.59 Å². The highest BCUT2D eigenvalue weighted by atomic mass is 16.5. The number of nitrogens with one attached hydrogen (secondary N) is 1. The molecule has 37 heavy (non-hydrogen) atoms. The van der Waals surface area contributed by atoms with Crippen LogP contribution in [0.2, 0.25) is 0 Å². The maximum atomic E-state index is 13.7. The third kappa shape index (κ3) is 8.10. The van der Waals surface area contributed by atoms with Crippen molar-refractivity contribution >= 4 is 11.8 Å². The number of rotatable bonds is 13. The summed E-state index contributed by atoms with van der Waals surface area (Å²) in [5.41, 5.74) is 4.12. The zero-order valence-electron chi connectivity index (χ0n) is 22.3. The Balaban J connectivity index is 1.85. The minimum Gasteiger partial charge on any atom is -0.490 e. The molecule has 0 radical (unpaired) electrons. The van der Waals surface area contributed by atoms with Gasteiger partial charge >= 0.3 is 0 Å². The van der Waals surface area contributed by atoms with Gasteiger partial charge in [0.15, 0.2) is 11.5 Å². The van der Waals surface area contributed by atoms with Crippen LogP contribution in [0, 0.1) is 6.92 Å². The molecule has 0 bridgehead atoms. The summed E-state index contributed by atoms with van der Waals surface area (Å²) >= 11 is 0. The van der Waals surface area contributed by atoms with Crippen LogP contribution < -0.4 is 14.8 Å². The summed E-state index contributed by atoms with van der Waals surface area (Å²) in [6.07, 6.45) is 1.24. The van der Waals surface area contributed by atoms with Gasteiger partial charge in [-0.3, -0.25) is 9.59 Å². The van der Waals surface area contributed by atoms with Crippen molar-refractivity contribution in [2.75, 3.05) is 20.3 Å². The van der Waals surface area contributed by atoms with Crippen LogP contribution >= 0.6 is 0 Å². The van der Waals surface area contributed by atoms with Crippen LogP contribution in [0.1, 0.15) is 42.5 Å². The molecule has 1 atom stereocenters. The molecule has 2 amide bonds. The highest BCUT2D eigenvalue weighted by Gasteiger charge is 2.29. The standard InChI is InChI=1S/C31H38N2O4/c1-5-36-28-18-16-25(21-29(28)37-6-2)17-19-30(34)33(22-26-14-12-23(3)13-15-26)27(31(35)32-4)20-24-10-8-7-9-11-24/h7-16,18,21,27H,5-6,17,19-20,22H2,1-4H3,(H,32,35).